The lowest BCUT2D eigenvalue weighted by Gasteiger charge is -2.32. The molecule has 1 saturated heterocycles. The van der Waals surface area contributed by atoms with Crippen molar-refractivity contribution in [3.8, 4) is 6.07 Å². The summed E-state index contributed by atoms with van der Waals surface area (Å²) in [5, 5.41) is 9.49. The number of likely N-dealkylation sites (tertiary alicyclic amines) is 1. The van der Waals surface area contributed by atoms with Gasteiger partial charge < -0.3 is 9.64 Å². The highest BCUT2D eigenvalue weighted by Crippen LogP contribution is 2.39. The fraction of sp³-hybridized carbons (Fsp3) is 0.850. The van der Waals surface area contributed by atoms with Gasteiger partial charge in [-0.2, -0.15) is 5.26 Å². The van der Waals surface area contributed by atoms with Crippen LogP contribution in [0.25, 0.3) is 0 Å². The molecule has 1 aliphatic rings. The van der Waals surface area contributed by atoms with Gasteiger partial charge >= 0.3 is 6.09 Å². The molecule has 1 amide bonds. The average molecular weight is 351 g/mol. The first-order valence-electron chi connectivity index (χ1n) is 9.19. The Labute approximate surface area is 152 Å². The number of hydrogen-bond donors (Lipinski definition) is 0. The Morgan fingerprint density at radius 2 is 1.76 bits per heavy atom. The summed E-state index contributed by atoms with van der Waals surface area (Å²) >= 11 is 0. The minimum Gasteiger partial charge on any atom is -0.444 e. The van der Waals surface area contributed by atoms with Gasteiger partial charge in [0.1, 0.15) is 11.5 Å². The molecule has 0 bridgehead atoms. The molecule has 5 nitrogen and oxygen atoms in total. The second-order valence-corrected chi connectivity index (χ2v) is 9.63. The van der Waals surface area contributed by atoms with Crippen molar-refractivity contribution in [1.29, 1.82) is 5.26 Å². The largest absolute Gasteiger partial charge is 0.444 e. The Morgan fingerprint density at radius 3 is 2.24 bits per heavy atom. The third kappa shape index (κ3) is 6.68. The monoisotopic (exact) mass is 350 g/mol. The van der Waals surface area contributed by atoms with Crippen molar-refractivity contribution in [3.05, 3.63) is 0 Å². The molecule has 1 rings (SSSR count). The highest BCUT2D eigenvalue weighted by atomic mass is 16.6. The number of amides is 1. The van der Waals surface area contributed by atoms with Crippen LogP contribution in [-0.4, -0.2) is 35.5 Å². The predicted octanol–water partition coefficient (Wildman–Crippen LogP) is 4.56. The van der Waals surface area contributed by atoms with Crippen molar-refractivity contribution in [3.63, 3.8) is 0 Å². The maximum Gasteiger partial charge on any atom is 0.410 e. The summed E-state index contributed by atoms with van der Waals surface area (Å²) in [6.07, 6.45) is 2.82. The molecule has 0 aromatic heterocycles. The Morgan fingerprint density at radius 1 is 1.16 bits per heavy atom. The van der Waals surface area contributed by atoms with Crippen molar-refractivity contribution in [1.82, 2.24) is 4.90 Å². The number of carbonyl (C=O) groups excluding carboxylic acids is 2. The Kier molecular flexibility index (Phi) is 6.67. The molecule has 1 unspecified atom stereocenters. The maximum atomic E-state index is 12.5. The molecule has 25 heavy (non-hydrogen) atoms. The van der Waals surface area contributed by atoms with E-state index in [1.165, 1.54) is 0 Å². The molecule has 5 heteroatoms. The maximum absolute atomic E-state index is 12.5. The van der Waals surface area contributed by atoms with Crippen molar-refractivity contribution < 1.29 is 14.3 Å². The van der Waals surface area contributed by atoms with Gasteiger partial charge in [-0.15, -0.1) is 0 Å². The van der Waals surface area contributed by atoms with Gasteiger partial charge in [0.15, 0.2) is 5.78 Å². The van der Waals surface area contributed by atoms with Gasteiger partial charge in [0, 0.05) is 18.5 Å². The Hall–Kier alpha value is -1.57. The van der Waals surface area contributed by atoms with E-state index >= 15 is 0 Å². The Bertz CT molecular complexity index is 537. The summed E-state index contributed by atoms with van der Waals surface area (Å²) in [7, 11) is 0. The highest BCUT2D eigenvalue weighted by molar-refractivity contribution is 5.88. The first-order chi connectivity index (χ1) is 11.3. The summed E-state index contributed by atoms with van der Waals surface area (Å²) in [5.41, 5.74) is -1.13. The quantitative estimate of drug-likeness (QED) is 0.748. The van der Waals surface area contributed by atoms with Crippen LogP contribution in [0, 0.1) is 28.1 Å². The lowest BCUT2D eigenvalue weighted by molar-refractivity contribution is -0.129. The molecule has 0 N–H and O–H groups in total. The van der Waals surface area contributed by atoms with E-state index < -0.39 is 16.9 Å². The van der Waals surface area contributed by atoms with E-state index in [-0.39, 0.29) is 17.3 Å². The third-order valence-corrected chi connectivity index (χ3v) is 4.75. The smallest absolute Gasteiger partial charge is 0.410 e. The zero-order chi connectivity index (χ0) is 19.5. The van der Waals surface area contributed by atoms with Crippen molar-refractivity contribution in [2.24, 2.45) is 16.7 Å². The first kappa shape index (κ1) is 21.5. The second kappa shape index (κ2) is 7.76. The number of hydrogen-bond acceptors (Lipinski definition) is 4. The molecular formula is C20H34N2O3. The molecule has 0 aromatic rings. The number of ketones is 1. The molecule has 0 spiro atoms. The van der Waals surface area contributed by atoms with E-state index in [2.05, 4.69) is 13.0 Å². The number of Topliss-reactive ketones (excluding diaryl/α,β-unsaturated/α-hetero) is 1. The van der Waals surface area contributed by atoms with E-state index in [9.17, 15) is 14.9 Å². The van der Waals surface area contributed by atoms with Crippen LogP contribution in [0.15, 0.2) is 0 Å². The van der Waals surface area contributed by atoms with Gasteiger partial charge in [-0.25, -0.2) is 4.79 Å². The summed E-state index contributed by atoms with van der Waals surface area (Å²) in [4.78, 5) is 26.6. The average Bonchev–Trinajstić information content (AvgIpc) is 2.63. The van der Waals surface area contributed by atoms with Crippen LogP contribution in [0.2, 0.25) is 0 Å². The molecule has 142 valence electrons. The fourth-order valence-electron chi connectivity index (χ4n) is 3.26. The standard InChI is InChI=1S/C20H34N2O3/c1-18(2,3)16(23)15(14-21)13-20(7)9-8-11-22(12-10-20)17(24)25-19(4,5)6/h15H,8-13H2,1-7H3/t15?,20-/m1/s1. The number of carbonyl (C=O) groups is 2. The summed E-state index contributed by atoms with van der Waals surface area (Å²) in [6, 6.07) is 2.21. The van der Waals surface area contributed by atoms with Gasteiger partial charge in [0.25, 0.3) is 0 Å². The summed E-state index contributed by atoms with van der Waals surface area (Å²) < 4.78 is 5.47. The lowest BCUT2D eigenvalue weighted by Crippen LogP contribution is -2.38. The first-order valence-corrected chi connectivity index (χ1v) is 9.19. The number of nitriles is 1. The minimum absolute atomic E-state index is 0.00414. The van der Waals surface area contributed by atoms with Crippen LogP contribution >= 0.6 is 0 Å². The molecule has 0 aromatic carbocycles. The molecule has 1 heterocycles. The van der Waals surface area contributed by atoms with Gasteiger partial charge in [0.2, 0.25) is 0 Å². The predicted molar refractivity (Wildman–Crippen MR) is 97.9 cm³/mol. The molecule has 1 aliphatic heterocycles. The third-order valence-electron chi connectivity index (χ3n) is 4.75. The van der Waals surface area contributed by atoms with E-state index in [1.54, 1.807) is 4.90 Å². The Balaban J connectivity index is 2.76. The van der Waals surface area contributed by atoms with Gasteiger partial charge in [-0.1, -0.05) is 27.7 Å². The van der Waals surface area contributed by atoms with E-state index in [4.69, 9.17) is 4.74 Å². The van der Waals surface area contributed by atoms with Gasteiger partial charge in [-0.05, 0) is 51.9 Å². The molecule has 0 saturated carbocycles. The van der Waals surface area contributed by atoms with Gasteiger partial charge in [-0.3, -0.25) is 4.79 Å². The molecule has 2 atom stereocenters. The highest BCUT2D eigenvalue weighted by Gasteiger charge is 2.37. The van der Waals surface area contributed by atoms with E-state index in [0.29, 0.717) is 19.5 Å². The molecule has 0 radical (unpaired) electrons. The van der Waals surface area contributed by atoms with Crippen molar-refractivity contribution in [2.45, 2.75) is 79.8 Å². The van der Waals surface area contributed by atoms with Crippen LogP contribution in [0.1, 0.15) is 74.1 Å². The normalized spacial score (nSPS) is 23.4. The van der Waals surface area contributed by atoms with E-state index in [1.807, 2.05) is 41.5 Å². The SMILES string of the molecule is CC(C)(C)OC(=O)N1CCC[C@@](C)(CC(C#N)C(=O)C(C)(C)C)CC1. The minimum atomic E-state index is -0.585. The van der Waals surface area contributed by atoms with E-state index in [0.717, 1.165) is 19.3 Å². The fourth-order valence-corrected chi connectivity index (χ4v) is 3.26. The van der Waals surface area contributed by atoms with Crippen LogP contribution in [0.3, 0.4) is 0 Å². The molecule has 0 aliphatic carbocycles. The zero-order valence-corrected chi connectivity index (χ0v) is 16.9. The molecule has 1 fully saturated rings. The topological polar surface area (TPSA) is 70.4 Å². The number of rotatable bonds is 3. The zero-order valence-electron chi connectivity index (χ0n) is 16.9. The van der Waals surface area contributed by atoms with Crippen LogP contribution in [0.5, 0.6) is 0 Å². The molecular weight excluding hydrogens is 316 g/mol. The van der Waals surface area contributed by atoms with Crippen LogP contribution in [0.4, 0.5) is 4.79 Å². The second-order valence-electron chi connectivity index (χ2n) is 9.63. The number of ether oxygens (including phenoxy) is 1. The van der Waals surface area contributed by atoms with Crippen LogP contribution < -0.4 is 0 Å². The van der Waals surface area contributed by atoms with Gasteiger partial charge in [0.05, 0.1) is 6.07 Å². The lowest BCUT2D eigenvalue weighted by atomic mass is 9.71. The van der Waals surface area contributed by atoms with Crippen molar-refractivity contribution >= 4 is 11.9 Å². The van der Waals surface area contributed by atoms with Crippen molar-refractivity contribution in [2.75, 3.05) is 13.1 Å². The number of nitrogens with zero attached hydrogens (tertiary/aromatic N) is 2. The summed E-state index contributed by atoms with van der Waals surface area (Å²) in [6.45, 7) is 14.6. The summed E-state index contributed by atoms with van der Waals surface area (Å²) in [5.74, 6) is -0.581. The van der Waals surface area contributed by atoms with Crippen LogP contribution in [-0.2, 0) is 9.53 Å².